The van der Waals surface area contributed by atoms with Crippen molar-refractivity contribution in [1.29, 1.82) is 0 Å². The van der Waals surface area contributed by atoms with Crippen molar-refractivity contribution in [3.05, 3.63) is 42.2 Å². The lowest BCUT2D eigenvalue weighted by Gasteiger charge is -2.34. The molecule has 1 saturated heterocycles. The summed E-state index contributed by atoms with van der Waals surface area (Å²) in [6.45, 7) is 2.40. The molecule has 3 N–H and O–H groups in total. The van der Waals surface area contributed by atoms with Gasteiger partial charge in [-0.25, -0.2) is 9.97 Å². The number of nitrogens with two attached hydrogens (primary N) is 1. The summed E-state index contributed by atoms with van der Waals surface area (Å²) in [6, 6.07) is 6.58. The summed E-state index contributed by atoms with van der Waals surface area (Å²) in [5.41, 5.74) is 6.09. The van der Waals surface area contributed by atoms with Crippen LogP contribution in [-0.2, 0) is 0 Å². The Kier molecular flexibility index (Phi) is 3.78. The maximum absolute atomic E-state index is 12.5. The van der Waals surface area contributed by atoms with Gasteiger partial charge in [0.25, 0.3) is 5.91 Å². The van der Waals surface area contributed by atoms with Gasteiger partial charge in [-0.2, -0.15) is 0 Å². The Morgan fingerprint density at radius 2 is 1.77 bits per heavy atom. The Balaban J connectivity index is 1.69. The van der Waals surface area contributed by atoms with Crippen LogP contribution in [0.25, 0.3) is 0 Å². The van der Waals surface area contributed by atoms with Crippen molar-refractivity contribution in [2.45, 2.75) is 0 Å². The average molecular weight is 299 g/mol. The summed E-state index contributed by atoms with van der Waals surface area (Å²) in [7, 11) is 0. The normalized spacial score (nSPS) is 14.9. The van der Waals surface area contributed by atoms with Crippen LogP contribution in [-0.4, -0.2) is 52.1 Å². The molecule has 1 aliphatic heterocycles. The molecule has 22 heavy (non-hydrogen) atoms. The minimum atomic E-state index is -0.210. The molecule has 7 nitrogen and oxygen atoms in total. The maximum atomic E-state index is 12.5. The number of rotatable bonds is 2. The van der Waals surface area contributed by atoms with Crippen LogP contribution in [0.5, 0.6) is 5.75 Å². The number of carbonyl (C=O) groups excluding carboxylic acids is 1. The second-order valence-corrected chi connectivity index (χ2v) is 5.07. The molecule has 0 atom stereocenters. The first kappa shape index (κ1) is 14.1. The molecule has 1 aromatic carbocycles. The van der Waals surface area contributed by atoms with Gasteiger partial charge < -0.3 is 20.6 Å². The Morgan fingerprint density at radius 3 is 2.45 bits per heavy atom. The number of nitrogens with zero attached hydrogens (tertiary/aromatic N) is 4. The lowest BCUT2D eigenvalue weighted by atomic mass is 10.1. The van der Waals surface area contributed by atoms with E-state index in [1.807, 2.05) is 4.90 Å². The van der Waals surface area contributed by atoms with E-state index in [4.69, 9.17) is 5.73 Å². The molecule has 0 spiro atoms. The van der Waals surface area contributed by atoms with E-state index in [9.17, 15) is 9.90 Å². The number of aromatic nitrogens is 2. The van der Waals surface area contributed by atoms with Crippen LogP contribution >= 0.6 is 0 Å². The summed E-state index contributed by atoms with van der Waals surface area (Å²) in [5, 5.41) is 9.93. The van der Waals surface area contributed by atoms with Crippen molar-refractivity contribution in [3.63, 3.8) is 0 Å². The molecule has 1 amide bonds. The average Bonchev–Trinajstić information content (AvgIpc) is 2.58. The first-order chi connectivity index (χ1) is 10.7. The van der Waals surface area contributed by atoms with Crippen molar-refractivity contribution in [3.8, 4) is 5.75 Å². The standard InChI is InChI=1S/C15H17N5O2/c16-12-4-1-3-11(13(12)21)14(22)19-7-9-20(10-8-19)15-17-5-2-6-18-15/h1-6,21H,7-10,16H2. The molecule has 0 bridgehead atoms. The topological polar surface area (TPSA) is 95.6 Å². The number of anilines is 2. The van der Waals surface area contributed by atoms with Crippen molar-refractivity contribution in [2.75, 3.05) is 36.8 Å². The number of phenolic OH excluding ortho intramolecular Hbond substituents is 1. The van der Waals surface area contributed by atoms with Gasteiger partial charge in [0.1, 0.15) is 0 Å². The molecule has 0 radical (unpaired) electrons. The SMILES string of the molecule is Nc1cccc(C(=O)N2CCN(c3ncccn3)CC2)c1O. The van der Waals surface area contributed by atoms with E-state index in [1.165, 1.54) is 0 Å². The Morgan fingerprint density at radius 1 is 1.09 bits per heavy atom. The molecule has 7 heteroatoms. The highest BCUT2D eigenvalue weighted by Gasteiger charge is 2.25. The minimum absolute atomic E-state index is 0.152. The maximum Gasteiger partial charge on any atom is 0.257 e. The Hall–Kier alpha value is -2.83. The fraction of sp³-hybridized carbons (Fsp3) is 0.267. The van der Waals surface area contributed by atoms with Crippen LogP contribution < -0.4 is 10.6 Å². The number of phenols is 1. The van der Waals surface area contributed by atoms with Gasteiger partial charge >= 0.3 is 0 Å². The number of amides is 1. The van der Waals surface area contributed by atoms with Gasteiger partial charge in [0, 0.05) is 38.6 Å². The zero-order chi connectivity index (χ0) is 15.5. The number of nitrogen functional groups attached to an aromatic ring is 1. The molecule has 0 saturated carbocycles. The minimum Gasteiger partial charge on any atom is -0.505 e. The fourth-order valence-electron chi connectivity index (χ4n) is 2.47. The number of aromatic hydroxyl groups is 1. The molecular weight excluding hydrogens is 282 g/mol. The van der Waals surface area contributed by atoms with Gasteiger partial charge in [0.15, 0.2) is 5.75 Å². The Bertz CT molecular complexity index is 669. The van der Waals surface area contributed by atoms with Gasteiger partial charge in [-0.15, -0.1) is 0 Å². The van der Waals surface area contributed by atoms with E-state index in [0.29, 0.717) is 32.1 Å². The van der Waals surface area contributed by atoms with Crippen LogP contribution in [0.1, 0.15) is 10.4 Å². The van der Waals surface area contributed by atoms with E-state index in [1.54, 1.807) is 41.6 Å². The molecule has 1 aromatic heterocycles. The fourth-order valence-corrected chi connectivity index (χ4v) is 2.47. The number of piperazine rings is 1. The van der Waals surface area contributed by atoms with Crippen LogP contribution in [0.2, 0.25) is 0 Å². The molecular formula is C15H17N5O2. The number of hydrogen-bond donors (Lipinski definition) is 2. The highest BCUT2D eigenvalue weighted by atomic mass is 16.3. The summed E-state index contributed by atoms with van der Waals surface area (Å²) >= 11 is 0. The third-order valence-electron chi connectivity index (χ3n) is 3.70. The molecule has 1 aliphatic rings. The van der Waals surface area contributed by atoms with Gasteiger partial charge in [-0.1, -0.05) is 6.07 Å². The van der Waals surface area contributed by atoms with E-state index < -0.39 is 0 Å². The predicted octanol–water partition coefficient (Wildman–Crippen LogP) is 0.727. The number of benzene rings is 1. The third-order valence-corrected chi connectivity index (χ3v) is 3.70. The molecule has 2 heterocycles. The third kappa shape index (κ3) is 2.65. The quantitative estimate of drug-likeness (QED) is 0.627. The van der Waals surface area contributed by atoms with Crippen LogP contribution in [0.15, 0.2) is 36.7 Å². The van der Waals surface area contributed by atoms with Crippen molar-refractivity contribution in [1.82, 2.24) is 14.9 Å². The molecule has 2 aromatic rings. The highest BCUT2D eigenvalue weighted by Crippen LogP contribution is 2.26. The molecule has 114 valence electrons. The number of hydrogen-bond acceptors (Lipinski definition) is 6. The highest BCUT2D eigenvalue weighted by molar-refractivity contribution is 5.98. The van der Waals surface area contributed by atoms with E-state index in [2.05, 4.69) is 9.97 Å². The van der Waals surface area contributed by atoms with Crippen LogP contribution in [0.3, 0.4) is 0 Å². The number of carbonyl (C=O) groups is 1. The van der Waals surface area contributed by atoms with E-state index >= 15 is 0 Å². The number of para-hydroxylation sites is 1. The second kappa shape index (κ2) is 5.88. The zero-order valence-corrected chi connectivity index (χ0v) is 12.0. The van der Waals surface area contributed by atoms with Crippen LogP contribution in [0, 0.1) is 0 Å². The van der Waals surface area contributed by atoms with E-state index in [0.717, 1.165) is 0 Å². The van der Waals surface area contributed by atoms with Gasteiger partial charge in [0.2, 0.25) is 5.95 Å². The van der Waals surface area contributed by atoms with Crippen molar-refractivity contribution in [2.24, 2.45) is 0 Å². The molecule has 1 fully saturated rings. The van der Waals surface area contributed by atoms with Crippen molar-refractivity contribution >= 4 is 17.5 Å². The second-order valence-electron chi connectivity index (χ2n) is 5.07. The van der Waals surface area contributed by atoms with Gasteiger partial charge in [-0.3, -0.25) is 4.79 Å². The molecule has 0 unspecified atom stereocenters. The summed E-state index contributed by atoms with van der Waals surface area (Å²) in [4.78, 5) is 24.6. The lowest BCUT2D eigenvalue weighted by molar-refractivity contribution is 0.0743. The summed E-state index contributed by atoms with van der Waals surface area (Å²) in [5.74, 6) is 0.307. The van der Waals surface area contributed by atoms with E-state index in [-0.39, 0.29) is 22.9 Å². The zero-order valence-electron chi connectivity index (χ0n) is 12.0. The van der Waals surface area contributed by atoms with Gasteiger partial charge in [-0.05, 0) is 18.2 Å². The lowest BCUT2D eigenvalue weighted by Crippen LogP contribution is -2.49. The van der Waals surface area contributed by atoms with Crippen LogP contribution in [0.4, 0.5) is 11.6 Å². The van der Waals surface area contributed by atoms with Crippen molar-refractivity contribution < 1.29 is 9.90 Å². The van der Waals surface area contributed by atoms with Gasteiger partial charge in [0.05, 0.1) is 11.3 Å². The predicted molar refractivity (Wildman–Crippen MR) is 82.7 cm³/mol. The molecule has 0 aliphatic carbocycles. The molecule has 3 rings (SSSR count). The summed E-state index contributed by atoms with van der Waals surface area (Å²) < 4.78 is 0. The monoisotopic (exact) mass is 299 g/mol. The largest absolute Gasteiger partial charge is 0.505 e. The summed E-state index contributed by atoms with van der Waals surface area (Å²) in [6.07, 6.45) is 3.40. The first-order valence-electron chi connectivity index (χ1n) is 7.05. The Labute approximate surface area is 128 Å². The smallest absolute Gasteiger partial charge is 0.257 e. The first-order valence-corrected chi connectivity index (χ1v) is 7.05.